The van der Waals surface area contributed by atoms with Gasteiger partial charge in [-0.15, -0.1) is 5.10 Å². The van der Waals surface area contributed by atoms with Crippen LogP contribution in [0.1, 0.15) is 54.3 Å². The average molecular weight is 489 g/mol. The van der Waals surface area contributed by atoms with Crippen LogP contribution in [0.3, 0.4) is 0 Å². The third kappa shape index (κ3) is 5.70. The number of amides is 1. The number of carboxylic acid groups (broad SMARTS) is 1. The lowest BCUT2D eigenvalue weighted by atomic mass is 9.77. The van der Waals surface area contributed by atoms with Gasteiger partial charge in [-0.1, -0.05) is 11.2 Å². The van der Waals surface area contributed by atoms with Gasteiger partial charge in [0.05, 0.1) is 17.1 Å². The molecule has 0 spiro atoms. The molecule has 3 aromatic rings. The Morgan fingerprint density at radius 3 is 2.40 bits per heavy atom. The van der Waals surface area contributed by atoms with Gasteiger partial charge in [-0.2, -0.15) is 0 Å². The Morgan fingerprint density at radius 2 is 1.71 bits per heavy atom. The molecule has 4 rings (SSSR count). The number of anilines is 4. The Labute approximate surface area is 197 Å². The molecule has 0 aliphatic heterocycles. The van der Waals surface area contributed by atoms with Crippen molar-refractivity contribution in [3.8, 4) is 0 Å². The summed E-state index contributed by atoms with van der Waals surface area (Å²) in [7, 11) is 0. The van der Waals surface area contributed by atoms with E-state index in [2.05, 4.69) is 20.8 Å². The van der Waals surface area contributed by atoms with Crippen LogP contribution < -0.4 is 16.4 Å². The first-order valence-electron chi connectivity index (χ1n) is 10.9. The van der Waals surface area contributed by atoms with Crippen molar-refractivity contribution >= 4 is 35.0 Å². The number of aliphatic carboxylic acids is 1. The zero-order chi connectivity index (χ0) is 25.1. The largest absolute Gasteiger partial charge is 0.481 e. The number of nitrogen functional groups attached to an aromatic ring is 1. The Hall–Kier alpha value is -4.09. The number of rotatable bonds is 7. The van der Waals surface area contributed by atoms with Crippen LogP contribution in [0.5, 0.6) is 0 Å². The average Bonchev–Trinajstić information content (AvgIpc) is 3.28. The Bertz CT molecular complexity index is 1260. The highest BCUT2D eigenvalue weighted by Gasteiger charge is 2.25. The minimum atomic E-state index is -1.35. The summed E-state index contributed by atoms with van der Waals surface area (Å²) in [5.74, 6) is -5.29. The standard InChI is InChI=1S/C23H22F3N5O4/c24-14-9-16(26)19(10-15(14)25)29-23-31-30-22(35-23)21(34)28-18-6-5-13(8-17(18)27)12-3-1-11(2-4-12)7-20(32)33/h5-6,8-12H,1-4,7,27H2,(H,28,34)(H,29,31)(H,32,33). The monoisotopic (exact) mass is 489 g/mol. The van der Waals surface area contributed by atoms with E-state index in [0.717, 1.165) is 31.2 Å². The molecule has 5 N–H and O–H groups in total. The van der Waals surface area contributed by atoms with Gasteiger partial charge >= 0.3 is 23.8 Å². The second-order valence-electron chi connectivity index (χ2n) is 8.40. The molecule has 1 aromatic heterocycles. The molecule has 1 saturated carbocycles. The van der Waals surface area contributed by atoms with E-state index in [9.17, 15) is 22.8 Å². The smallest absolute Gasteiger partial charge is 0.320 e. The third-order valence-electron chi connectivity index (χ3n) is 5.98. The van der Waals surface area contributed by atoms with Gasteiger partial charge in [-0.25, -0.2) is 13.2 Å². The van der Waals surface area contributed by atoms with Crippen molar-refractivity contribution in [1.29, 1.82) is 0 Å². The highest BCUT2D eigenvalue weighted by atomic mass is 19.2. The van der Waals surface area contributed by atoms with Gasteiger partial charge in [0, 0.05) is 18.6 Å². The summed E-state index contributed by atoms with van der Waals surface area (Å²) in [4.78, 5) is 23.4. The van der Waals surface area contributed by atoms with Gasteiger partial charge in [0.15, 0.2) is 11.6 Å². The zero-order valence-electron chi connectivity index (χ0n) is 18.4. The summed E-state index contributed by atoms with van der Waals surface area (Å²) in [6, 6.07) is 5.80. The van der Waals surface area contributed by atoms with E-state index in [1.54, 1.807) is 12.1 Å². The number of nitrogens with one attached hydrogen (secondary N) is 2. The number of carbonyl (C=O) groups is 2. The van der Waals surface area contributed by atoms with Gasteiger partial charge in [0.1, 0.15) is 5.82 Å². The fraction of sp³-hybridized carbons (Fsp3) is 0.304. The van der Waals surface area contributed by atoms with E-state index >= 15 is 0 Å². The van der Waals surface area contributed by atoms with Crippen molar-refractivity contribution in [2.45, 2.75) is 38.0 Å². The van der Waals surface area contributed by atoms with Crippen LogP contribution in [-0.4, -0.2) is 27.2 Å². The quantitative estimate of drug-likeness (QED) is 0.273. The summed E-state index contributed by atoms with van der Waals surface area (Å²) in [6.07, 6.45) is 3.57. The van der Waals surface area contributed by atoms with Crippen molar-refractivity contribution in [2.24, 2.45) is 5.92 Å². The van der Waals surface area contributed by atoms with E-state index in [-0.39, 0.29) is 18.3 Å². The van der Waals surface area contributed by atoms with Gasteiger partial charge in [-0.3, -0.25) is 9.59 Å². The predicted molar refractivity (Wildman–Crippen MR) is 120 cm³/mol. The van der Waals surface area contributed by atoms with E-state index in [1.165, 1.54) is 0 Å². The number of carbonyl (C=O) groups excluding carboxylic acids is 1. The maximum Gasteiger partial charge on any atom is 0.320 e. The van der Waals surface area contributed by atoms with Crippen LogP contribution in [0.2, 0.25) is 0 Å². The fourth-order valence-corrected chi connectivity index (χ4v) is 4.17. The van der Waals surface area contributed by atoms with E-state index in [0.29, 0.717) is 23.5 Å². The lowest BCUT2D eigenvalue weighted by Gasteiger charge is -2.28. The molecule has 0 saturated heterocycles. The van der Waals surface area contributed by atoms with E-state index in [4.69, 9.17) is 15.3 Å². The lowest BCUT2D eigenvalue weighted by Crippen LogP contribution is -2.17. The minimum Gasteiger partial charge on any atom is -0.481 e. The first-order chi connectivity index (χ1) is 16.7. The molecule has 0 atom stereocenters. The van der Waals surface area contributed by atoms with Gasteiger partial charge in [0.2, 0.25) is 0 Å². The summed E-state index contributed by atoms with van der Waals surface area (Å²) in [6.45, 7) is 0. The number of nitrogens with two attached hydrogens (primary N) is 1. The van der Waals surface area contributed by atoms with Crippen LogP contribution in [-0.2, 0) is 4.79 Å². The van der Waals surface area contributed by atoms with Crippen LogP contribution in [0.15, 0.2) is 34.7 Å². The molecule has 12 heteroatoms. The predicted octanol–water partition coefficient (Wildman–Crippen LogP) is 4.81. The maximum atomic E-state index is 13.8. The Morgan fingerprint density at radius 1 is 1.00 bits per heavy atom. The Balaban J connectivity index is 1.38. The zero-order valence-corrected chi connectivity index (χ0v) is 18.4. The molecule has 35 heavy (non-hydrogen) atoms. The van der Waals surface area contributed by atoms with Crippen molar-refractivity contribution in [3.63, 3.8) is 0 Å². The van der Waals surface area contributed by atoms with Crippen molar-refractivity contribution in [1.82, 2.24) is 10.2 Å². The first kappa shape index (κ1) is 24.0. The minimum absolute atomic E-state index is 0.183. The molecule has 1 aliphatic rings. The second kappa shape index (κ2) is 10.0. The summed E-state index contributed by atoms with van der Waals surface area (Å²) >= 11 is 0. The molecule has 0 unspecified atom stereocenters. The molecule has 1 heterocycles. The van der Waals surface area contributed by atoms with Crippen LogP contribution in [0, 0.1) is 23.4 Å². The molecular weight excluding hydrogens is 467 g/mol. The molecule has 9 nitrogen and oxygen atoms in total. The Kier molecular flexibility index (Phi) is 6.90. The highest BCUT2D eigenvalue weighted by molar-refractivity contribution is 6.02. The lowest BCUT2D eigenvalue weighted by molar-refractivity contribution is -0.138. The SMILES string of the molecule is Nc1cc(C2CCC(CC(=O)O)CC2)ccc1NC(=O)c1nnc(Nc2cc(F)c(F)cc2F)o1. The molecule has 1 fully saturated rings. The van der Waals surface area contributed by atoms with Crippen molar-refractivity contribution < 1.29 is 32.3 Å². The number of aromatic nitrogens is 2. The van der Waals surface area contributed by atoms with Crippen LogP contribution in [0.25, 0.3) is 0 Å². The first-order valence-corrected chi connectivity index (χ1v) is 10.9. The summed E-state index contributed by atoms with van der Waals surface area (Å²) in [5, 5.41) is 20.9. The number of hydrogen-bond acceptors (Lipinski definition) is 7. The molecule has 0 bridgehead atoms. The molecule has 2 aromatic carbocycles. The molecule has 1 amide bonds. The normalized spacial score (nSPS) is 17.7. The molecule has 0 radical (unpaired) electrons. The molecule has 184 valence electrons. The molecular formula is C23H22F3N5O4. The second-order valence-corrected chi connectivity index (χ2v) is 8.40. The van der Waals surface area contributed by atoms with E-state index < -0.39 is 46.9 Å². The topological polar surface area (TPSA) is 143 Å². The number of hydrogen-bond donors (Lipinski definition) is 4. The molecule has 1 aliphatic carbocycles. The number of halogens is 3. The van der Waals surface area contributed by atoms with Gasteiger partial charge in [-0.05, 0) is 55.2 Å². The maximum absolute atomic E-state index is 13.8. The van der Waals surface area contributed by atoms with Crippen molar-refractivity contribution in [2.75, 3.05) is 16.4 Å². The number of carboxylic acids is 1. The van der Waals surface area contributed by atoms with Crippen LogP contribution >= 0.6 is 0 Å². The van der Waals surface area contributed by atoms with Gasteiger partial charge < -0.3 is 25.9 Å². The van der Waals surface area contributed by atoms with Crippen molar-refractivity contribution in [3.05, 3.63) is 59.2 Å². The number of benzene rings is 2. The summed E-state index contributed by atoms with van der Waals surface area (Å²) < 4.78 is 45.3. The fourth-order valence-electron chi connectivity index (χ4n) is 4.17. The highest BCUT2D eigenvalue weighted by Crippen LogP contribution is 2.38. The number of nitrogens with zero attached hydrogens (tertiary/aromatic N) is 2. The summed E-state index contributed by atoms with van der Waals surface area (Å²) in [5.41, 5.74) is 7.32. The van der Waals surface area contributed by atoms with Crippen LogP contribution in [0.4, 0.5) is 36.2 Å². The van der Waals surface area contributed by atoms with Gasteiger partial charge in [0.25, 0.3) is 0 Å². The van der Waals surface area contributed by atoms with E-state index in [1.807, 2.05) is 6.07 Å². The third-order valence-corrected chi connectivity index (χ3v) is 5.98.